The highest BCUT2D eigenvalue weighted by molar-refractivity contribution is 5.89. The summed E-state index contributed by atoms with van der Waals surface area (Å²) in [5, 5.41) is 12.5. The Balaban J connectivity index is 2.30. The molecule has 0 radical (unpaired) electrons. The lowest BCUT2D eigenvalue weighted by Crippen LogP contribution is -1.92. The maximum atomic E-state index is 10.3. The zero-order valence-electron chi connectivity index (χ0n) is 9.52. The van der Waals surface area contributed by atoms with Crippen molar-refractivity contribution in [1.82, 2.24) is 0 Å². The van der Waals surface area contributed by atoms with Crippen LogP contribution in [-0.4, -0.2) is 11.7 Å². The third-order valence-corrected chi connectivity index (χ3v) is 3.16. The molecular weight excluding hydrogens is 212 g/mol. The van der Waals surface area contributed by atoms with Crippen LogP contribution in [0.4, 0.5) is 0 Å². The lowest BCUT2D eigenvalue weighted by molar-refractivity contribution is 0.401. The Morgan fingerprint density at radius 1 is 1.41 bits per heavy atom. The smallest absolute Gasteiger partial charge is 0.125 e. The van der Waals surface area contributed by atoms with E-state index in [0.717, 1.165) is 21.9 Å². The van der Waals surface area contributed by atoms with E-state index in [9.17, 15) is 5.11 Å². The quantitative estimate of drug-likeness (QED) is 0.643. The van der Waals surface area contributed by atoms with Gasteiger partial charge in [-0.2, -0.15) is 0 Å². The largest absolute Gasteiger partial charge is 0.507 e. The van der Waals surface area contributed by atoms with Gasteiger partial charge in [-0.1, -0.05) is 30.3 Å². The summed E-state index contributed by atoms with van der Waals surface area (Å²) in [6.07, 6.45) is 2.54. The second-order valence-corrected chi connectivity index (χ2v) is 4.33. The van der Waals surface area contributed by atoms with Gasteiger partial charge in [0.2, 0.25) is 0 Å². The molecule has 1 N–H and O–H groups in total. The fourth-order valence-electron chi connectivity index (χ4n) is 2.28. The fourth-order valence-corrected chi connectivity index (χ4v) is 2.28. The number of benzene rings is 2. The van der Waals surface area contributed by atoms with Gasteiger partial charge in [0.05, 0.1) is 6.61 Å². The average Bonchev–Trinajstić information content (AvgIpc) is 3.15. The lowest BCUT2D eigenvalue weighted by atomic mass is 9.96. The molecular formula is C15H14O2. The molecule has 1 atom stereocenters. The number of phenols is 1. The molecule has 1 unspecified atom stereocenters. The molecule has 0 saturated carbocycles. The van der Waals surface area contributed by atoms with Crippen molar-refractivity contribution in [2.75, 3.05) is 6.61 Å². The van der Waals surface area contributed by atoms with Crippen LogP contribution in [0.3, 0.4) is 0 Å². The molecule has 0 aliphatic carbocycles. The minimum atomic E-state index is 0.0599. The summed E-state index contributed by atoms with van der Waals surface area (Å²) in [5.74, 6) is 0.367. The number of rotatable bonds is 3. The van der Waals surface area contributed by atoms with Crippen LogP contribution in [0, 0.1) is 0 Å². The first-order valence-electron chi connectivity index (χ1n) is 5.77. The third kappa shape index (κ3) is 1.71. The van der Waals surface area contributed by atoms with Gasteiger partial charge in [-0.25, -0.2) is 0 Å². The van der Waals surface area contributed by atoms with Crippen molar-refractivity contribution >= 4 is 10.8 Å². The molecule has 0 spiro atoms. The van der Waals surface area contributed by atoms with Crippen molar-refractivity contribution in [3.63, 3.8) is 0 Å². The van der Waals surface area contributed by atoms with Gasteiger partial charge in [-0.3, -0.25) is 0 Å². The number of phenolic OH excluding ortho intramolecular Hbond substituents is 1. The summed E-state index contributed by atoms with van der Waals surface area (Å²) < 4.78 is 5.33. The van der Waals surface area contributed by atoms with E-state index in [-0.39, 0.29) is 6.10 Å². The summed E-state index contributed by atoms with van der Waals surface area (Å²) in [6.45, 7) is 4.43. The molecule has 1 fully saturated rings. The fraction of sp³-hybridized carbons (Fsp3) is 0.200. The topological polar surface area (TPSA) is 32.8 Å². The highest BCUT2D eigenvalue weighted by Crippen LogP contribution is 2.42. The van der Waals surface area contributed by atoms with Crippen molar-refractivity contribution in [1.29, 1.82) is 0 Å². The van der Waals surface area contributed by atoms with Crippen LogP contribution in [0.5, 0.6) is 5.75 Å². The number of hydrogen-bond donors (Lipinski definition) is 1. The van der Waals surface area contributed by atoms with Gasteiger partial charge >= 0.3 is 0 Å². The Labute approximate surface area is 100 Å². The zero-order chi connectivity index (χ0) is 11.8. The highest BCUT2D eigenvalue weighted by atomic mass is 16.6. The number of ether oxygens (including phenoxy) is 1. The van der Waals surface area contributed by atoms with Crippen LogP contribution >= 0.6 is 0 Å². The summed E-state index contributed by atoms with van der Waals surface area (Å²) in [4.78, 5) is 0. The number of hydrogen-bond acceptors (Lipinski definition) is 2. The van der Waals surface area contributed by atoms with Crippen LogP contribution in [0.2, 0.25) is 0 Å². The molecule has 1 aliphatic rings. The van der Waals surface area contributed by atoms with Gasteiger partial charge in [0, 0.05) is 5.56 Å². The molecule has 17 heavy (non-hydrogen) atoms. The highest BCUT2D eigenvalue weighted by Gasteiger charge is 2.30. The van der Waals surface area contributed by atoms with E-state index in [2.05, 4.69) is 12.6 Å². The monoisotopic (exact) mass is 226 g/mol. The second kappa shape index (κ2) is 3.90. The lowest BCUT2D eigenvalue weighted by Gasteiger charge is -2.11. The van der Waals surface area contributed by atoms with E-state index in [4.69, 9.17) is 4.74 Å². The van der Waals surface area contributed by atoms with Gasteiger partial charge in [-0.15, -0.1) is 6.58 Å². The second-order valence-electron chi connectivity index (χ2n) is 4.33. The molecule has 2 aromatic carbocycles. The van der Waals surface area contributed by atoms with Gasteiger partial charge in [-0.05, 0) is 28.8 Å². The first-order chi connectivity index (χ1) is 8.31. The van der Waals surface area contributed by atoms with Crippen molar-refractivity contribution in [3.05, 3.63) is 54.1 Å². The predicted molar refractivity (Wildman–Crippen MR) is 68.2 cm³/mol. The van der Waals surface area contributed by atoms with E-state index in [1.165, 1.54) is 0 Å². The van der Waals surface area contributed by atoms with Gasteiger partial charge in [0.1, 0.15) is 11.9 Å². The van der Waals surface area contributed by atoms with Crippen molar-refractivity contribution in [2.45, 2.75) is 12.5 Å². The van der Waals surface area contributed by atoms with Crippen LogP contribution in [0.1, 0.15) is 17.2 Å². The van der Waals surface area contributed by atoms with Crippen molar-refractivity contribution in [2.24, 2.45) is 0 Å². The normalized spacial score (nSPS) is 18.2. The zero-order valence-corrected chi connectivity index (χ0v) is 9.52. The minimum absolute atomic E-state index is 0.0599. The van der Waals surface area contributed by atoms with Crippen LogP contribution in [0.15, 0.2) is 43.0 Å². The minimum Gasteiger partial charge on any atom is -0.507 e. The van der Waals surface area contributed by atoms with Gasteiger partial charge in [0.25, 0.3) is 0 Å². The maximum absolute atomic E-state index is 10.3. The number of aromatic hydroxyl groups is 1. The standard InChI is InChI=1S/C15H14O2/c1-2-5-11-8-10-6-3-4-7-12(10)14(15(11)16)13-9-17-13/h2-4,6-8,13,16H,1,5,9H2. The van der Waals surface area contributed by atoms with E-state index in [1.807, 2.05) is 24.3 Å². The molecule has 1 heterocycles. The Bertz CT molecular complexity index is 583. The van der Waals surface area contributed by atoms with Crippen molar-refractivity contribution < 1.29 is 9.84 Å². The van der Waals surface area contributed by atoms with Crippen LogP contribution in [0.25, 0.3) is 10.8 Å². The Hall–Kier alpha value is -1.80. The molecule has 86 valence electrons. The van der Waals surface area contributed by atoms with E-state index >= 15 is 0 Å². The van der Waals surface area contributed by atoms with Crippen LogP contribution in [-0.2, 0) is 11.2 Å². The molecule has 3 rings (SSSR count). The van der Waals surface area contributed by atoms with E-state index < -0.39 is 0 Å². The first kappa shape index (κ1) is 10.4. The Morgan fingerprint density at radius 3 is 2.88 bits per heavy atom. The number of fused-ring (bicyclic) bond motifs is 1. The first-order valence-corrected chi connectivity index (χ1v) is 5.77. The van der Waals surface area contributed by atoms with Crippen molar-refractivity contribution in [3.8, 4) is 5.75 Å². The molecule has 1 saturated heterocycles. The van der Waals surface area contributed by atoms with E-state index in [1.54, 1.807) is 6.08 Å². The Morgan fingerprint density at radius 2 is 2.18 bits per heavy atom. The summed E-state index contributed by atoms with van der Waals surface area (Å²) in [5.41, 5.74) is 1.85. The molecule has 0 bridgehead atoms. The molecule has 1 aliphatic heterocycles. The predicted octanol–water partition coefficient (Wildman–Crippen LogP) is 3.35. The number of epoxide rings is 1. The average molecular weight is 226 g/mol. The van der Waals surface area contributed by atoms with E-state index in [0.29, 0.717) is 18.8 Å². The molecule has 0 aromatic heterocycles. The summed E-state index contributed by atoms with van der Waals surface area (Å²) >= 11 is 0. The summed E-state index contributed by atoms with van der Waals surface area (Å²) in [7, 11) is 0. The maximum Gasteiger partial charge on any atom is 0.125 e. The summed E-state index contributed by atoms with van der Waals surface area (Å²) in [6, 6.07) is 10.1. The molecule has 0 amide bonds. The number of allylic oxidation sites excluding steroid dienone is 1. The van der Waals surface area contributed by atoms with Crippen LogP contribution < -0.4 is 0 Å². The molecule has 2 heteroatoms. The SMILES string of the molecule is C=CCc1cc2ccccc2c(C2CO2)c1O. The molecule has 2 nitrogen and oxygen atoms in total. The Kier molecular flexibility index (Phi) is 2.37. The van der Waals surface area contributed by atoms with Gasteiger partial charge < -0.3 is 9.84 Å². The molecule has 2 aromatic rings. The third-order valence-electron chi connectivity index (χ3n) is 3.16. The van der Waals surface area contributed by atoms with Gasteiger partial charge in [0.15, 0.2) is 0 Å².